The summed E-state index contributed by atoms with van der Waals surface area (Å²) in [5, 5.41) is 0. The van der Waals surface area contributed by atoms with Crippen LogP contribution in [0.25, 0.3) is 0 Å². The zero-order valence-corrected chi connectivity index (χ0v) is 14.1. The van der Waals surface area contributed by atoms with Gasteiger partial charge in [-0.1, -0.05) is 30.3 Å². The van der Waals surface area contributed by atoms with Crippen LogP contribution in [0.1, 0.15) is 44.9 Å². The first kappa shape index (κ1) is 15.8. The van der Waals surface area contributed by atoms with Gasteiger partial charge in [0.25, 0.3) is 11.8 Å². The standard InChI is InChI=1S/C20H21N3O2/c24-19(22-11-3-4-12-22)17-8-5-9-18(21-17)20(25)23-13-10-15-6-1-2-7-16(15)14-23/h1-2,5-9H,3-4,10-14H2. The largest absolute Gasteiger partial charge is 0.337 e. The lowest BCUT2D eigenvalue weighted by Crippen LogP contribution is -2.36. The summed E-state index contributed by atoms with van der Waals surface area (Å²) in [6.07, 6.45) is 2.93. The minimum atomic E-state index is -0.106. The fraction of sp³-hybridized carbons (Fsp3) is 0.350. The fourth-order valence-electron chi connectivity index (χ4n) is 3.59. The molecule has 0 saturated carbocycles. The zero-order valence-electron chi connectivity index (χ0n) is 14.1. The Morgan fingerprint density at radius 2 is 1.40 bits per heavy atom. The highest BCUT2D eigenvalue weighted by molar-refractivity contribution is 5.96. The molecule has 2 amide bonds. The second kappa shape index (κ2) is 6.67. The van der Waals surface area contributed by atoms with Crippen molar-refractivity contribution in [1.82, 2.24) is 14.8 Å². The molecular formula is C20H21N3O2. The van der Waals surface area contributed by atoms with E-state index < -0.39 is 0 Å². The van der Waals surface area contributed by atoms with E-state index in [9.17, 15) is 9.59 Å². The van der Waals surface area contributed by atoms with Gasteiger partial charge in [-0.2, -0.15) is 0 Å². The van der Waals surface area contributed by atoms with Gasteiger partial charge in [-0.15, -0.1) is 0 Å². The highest BCUT2D eigenvalue weighted by atomic mass is 16.2. The SMILES string of the molecule is O=C(c1cccc(C(=O)N2CCc3ccccc3C2)n1)N1CCCC1. The summed E-state index contributed by atoms with van der Waals surface area (Å²) in [4.78, 5) is 33.3. The number of carbonyl (C=O) groups excluding carboxylic acids is 2. The van der Waals surface area contributed by atoms with E-state index in [0.29, 0.717) is 24.5 Å². The average molecular weight is 335 g/mol. The Kier molecular flexibility index (Phi) is 4.22. The lowest BCUT2D eigenvalue weighted by Gasteiger charge is -2.28. The summed E-state index contributed by atoms with van der Waals surface area (Å²) in [6.45, 7) is 2.84. The van der Waals surface area contributed by atoms with Crippen LogP contribution in [-0.2, 0) is 13.0 Å². The Bertz CT molecular complexity index is 812. The molecule has 25 heavy (non-hydrogen) atoms. The molecule has 1 fully saturated rings. The van der Waals surface area contributed by atoms with E-state index in [0.717, 1.165) is 32.4 Å². The van der Waals surface area contributed by atoms with Gasteiger partial charge < -0.3 is 9.80 Å². The van der Waals surface area contributed by atoms with E-state index >= 15 is 0 Å². The van der Waals surface area contributed by atoms with E-state index in [-0.39, 0.29) is 11.8 Å². The third-order valence-corrected chi connectivity index (χ3v) is 5.00. The number of hydrogen-bond acceptors (Lipinski definition) is 3. The Hall–Kier alpha value is -2.69. The topological polar surface area (TPSA) is 53.5 Å². The fourth-order valence-corrected chi connectivity index (χ4v) is 3.59. The third kappa shape index (κ3) is 3.14. The van der Waals surface area contributed by atoms with Crippen molar-refractivity contribution in [2.75, 3.05) is 19.6 Å². The van der Waals surface area contributed by atoms with Gasteiger partial charge in [0.1, 0.15) is 11.4 Å². The number of nitrogens with zero attached hydrogens (tertiary/aromatic N) is 3. The van der Waals surface area contributed by atoms with Gasteiger partial charge in [0.2, 0.25) is 0 Å². The molecule has 2 aromatic rings. The number of pyridine rings is 1. The van der Waals surface area contributed by atoms with E-state index in [1.807, 2.05) is 21.9 Å². The van der Waals surface area contributed by atoms with Gasteiger partial charge in [-0.05, 0) is 42.5 Å². The highest BCUT2D eigenvalue weighted by Crippen LogP contribution is 2.20. The van der Waals surface area contributed by atoms with Crippen LogP contribution in [0.2, 0.25) is 0 Å². The third-order valence-electron chi connectivity index (χ3n) is 5.00. The molecule has 5 heteroatoms. The van der Waals surface area contributed by atoms with Crippen LogP contribution < -0.4 is 0 Å². The summed E-state index contributed by atoms with van der Waals surface area (Å²) in [7, 11) is 0. The van der Waals surface area contributed by atoms with Gasteiger partial charge in [0.15, 0.2) is 0 Å². The number of hydrogen-bond donors (Lipinski definition) is 0. The molecule has 1 aromatic heterocycles. The van der Waals surface area contributed by atoms with Crippen LogP contribution in [0.3, 0.4) is 0 Å². The van der Waals surface area contributed by atoms with E-state index in [2.05, 4.69) is 17.1 Å². The number of benzene rings is 1. The maximum Gasteiger partial charge on any atom is 0.272 e. The minimum Gasteiger partial charge on any atom is -0.337 e. The second-order valence-corrected chi connectivity index (χ2v) is 6.65. The smallest absolute Gasteiger partial charge is 0.272 e. The summed E-state index contributed by atoms with van der Waals surface area (Å²) in [5.41, 5.74) is 3.21. The molecule has 0 bridgehead atoms. The summed E-state index contributed by atoms with van der Waals surface area (Å²) in [6, 6.07) is 13.4. The molecule has 0 spiro atoms. The van der Waals surface area contributed by atoms with Crippen molar-refractivity contribution in [3.8, 4) is 0 Å². The predicted octanol–water partition coefficient (Wildman–Crippen LogP) is 2.52. The molecule has 0 aliphatic carbocycles. The quantitative estimate of drug-likeness (QED) is 0.847. The molecule has 0 N–H and O–H groups in total. The Morgan fingerprint density at radius 3 is 2.12 bits per heavy atom. The first-order valence-electron chi connectivity index (χ1n) is 8.85. The van der Waals surface area contributed by atoms with E-state index in [1.54, 1.807) is 18.2 Å². The highest BCUT2D eigenvalue weighted by Gasteiger charge is 2.25. The summed E-state index contributed by atoms with van der Waals surface area (Å²) < 4.78 is 0. The Labute approximate surface area is 147 Å². The van der Waals surface area contributed by atoms with E-state index in [1.165, 1.54) is 11.1 Å². The van der Waals surface area contributed by atoms with Crippen LogP contribution in [0, 0.1) is 0 Å². The van der Waals surface area contributed by atoms with Crippen molar-refractivity contribution in [3.05, 3.63) is 65.0 Å². The molecule has 2 aliphatic rings. The van der Waals surface area contributed by atoms with Crippen LogP contribution in [0.4, 0.5) is 0 Å². The van der Waals surface area contributed by atoms with Gasteiger partial charge >= 0.3 is 0 Å². The predicted molar refractivity (Wildman–Crippen MR) is 94.3 cm³/mol. The Balaban J connectivity index is 1.53. The molecule has 4 rings (SSSR count). The molecule has 128 valence electrons. The number of carbonyl (C=O) groups is 2. The van der Waals surface area contributed by atoms with E-state index in [4.69, 9.17) is 0 Å². The zero-order chi connectivity index (χ0) is 17.2. The molecule has 3 heterocycles. The van der Waals surface area contributed by atoms with Crippen LogP contribution >= 0.6 is 0 Å². The normalized spacial score (nSPS) is 16.6. The maximum absolute atomic E-state index is 12.8. The molecule has 1 saturated heterocycles. The van der Waals surface area contributed by atoms with Crippen molar-refractivity contribution in [2.45, 2.75) is 25.8 Å². The average Bonchev–Trinajstić information content (AvgIpc) is 3.21. The summed E-state index contributed by atoms with van der Waals surface area (Å²) in [5.74, 6) is -0.179. The van der Waals surface area contributed by atoms with Gasteiger partial charge in [0.05, 0.1) is 0 Å². The molecule has 0 radical (unpaired) electrons. The van der Waals surface area contributed by atoms with Crippen LogP contribution in [0.5, 0.6) is 0 Å². The molecular weight excluding hydrogens is 314 g/mol. The van der Waals surface area contributed by atoms with Crippen LogP contribution in [-0.4, -0.2) is 46.2 Å². The lowest BCUT2D eigenvalue weighted by atomic mass is 10.00. The van der Waals surface area contributed by atoms with Crippen LogP contribution in [0.15, 0.2) is 42.5 Å². The van der Waals surface area contributed by atoms with Crippen molar-refractivity contribution < 1.29 is 9.59 Å². The molecule has 0 unspecified atom stereocenters. The molecule has 1 aromatic carbocycles. The molecule has 5 nitrogen and oxygen atoms in total. The summed E-state index contributed by atoms with van der Waals surface area (Å²) >= 11 is 0. The second-order valence-electron chi connectivity index (χ2n) is 6.65. The lowest BCUT2D eigenvalue weighted by molar-refractivity contribution is 0.0728. The number of aromatic nitrogens is 1. The van der Waals surface area contributed by atoms with Crippen molar-refractivity contribution in [1.29, 1.82) is 0 Å². The first-order chi connectivity index (χ1) is 12.2. The van der Waals surface area contributed by atoms with Crippen molar-refractivity contribution in [2.24, 2.45) is 0 Å². The number of amides is 2. The molecule has 2 aliphatic heterocycles. The minimum absolute atomic E-state index is 0.0730. The number of likely N-dealkylation sites (tertiary alicyclic amines) is 1. The first-order valence-corrected chi connectivity index (χ1v) is 8.85. The van der Waals surface area contributed by atoms with Gasteiger partial charge in [-0.25, -0.2) is 4.98 Å². The van der Waals surface area contributed by atoms with Gasteiger partial charge in [0, 0.05) is 26.2 Å². The van der Waals surface area contributed by atoms with Crippen molar-refractivity contribution in [3.63, 3.8) is 0 Å². The van der Waals surface area contributed by atoms with Gasteiger partial charge in [-0.3, -0.25) is 9.59 Å². The Morgan fingerprint density at radius 1 is 0.760 bits per heavy atom. The van der Waals surface area contributed by atoms with Crippen molar-refractivity contribution >= 4 is 11.8 Å². The monoisotopic (exact) mass is 335 g/mol. The number of rotatable bonds is 2. The number of fused-ring (bicyclic) bond motifs is 1. The molecule has 0 atom stereocenters. The maximum atomic E-state index is 12.8.